The minimum Gasteiger partial charge on any atom is -0.304 e. The van der Waals surface area contributed by atoms with Crippen molar-refractivity contribution in [1.82, 2.24) is 14.9 Å². The van der Waals surface area contributed by atoms with Crippen LogP contribution in [0.3, 0.4) is 0 Å². The number of hydrazine groups is 1. The van der Waals surface area contributed by atoms with E-state index < -0.39 is 0 Å². The van der Waals surface area contributed by atoms with Crippen molar-refractivity contribution in [3.8, 4) is 0 Å². The van der Waals surface area contributed by atoms with Crippen molar-refractivity contribution in [3.63, 3.8) is 0 Å². The molecule has 2 fully saturated rings. The molecule has 0 aromatic rings. The Bertz CT molecular complexity index is 147. The number of likely N-dealkylation sites (N-methyl/N-ethyl adjacent to an activating group) is 1. The molecule has 0 atom stereocenters. The number of piperidine rings is 1. The highest BCUT2D eigenvalue weighted by molar-refractivity contribution is 4.70. The molecule has 0 aromatic heterocycles. The van der Waals surface area contributed by atoms with Gasteiger partial charge in [-0.15, -0.1) is 0 Å². The molecule has 0 spiro atoms. The van der Waals surface area contributed by atoms with Crippen LogP contribution in [0.1, 0.15) is 33.1 Å². The zero-order chi connectivity index (χ0) is 11.1. The summed E-state index contributed by atoms with van der Waals surface area (Å²) >= 11 is 0. The maximum atomic E-state index is 2.57. The first-order chi connectivity index (χ1) is 7.36. The van der Waals surface area contributed by atoms with Crippen molar-refractivity contribution in [2.75, 3.05) is 46.3 Å². The molecule has 0 aromatic carbocycles. The van der Waals surface area contributed by atoms with Crippen LogP contribution in [0.2, 0.25) is 0 Å². The topological polar surface area (TPSA) is 9.72 Å². The summed E-state index contributed by atoms with van der Waals surface area (Å²) < 4.78 is 0. The molecule has 3 nitrogen and oxygen atoms in total. The molecule has 90 valence electrons. The van der Waals surface area contributed by atoms with E-state index in [9.17, 15) is 0 Å². The summed E-state index contributed by atoms with van der Waals surface area (Å²) in [6.07, 6.45) is 4.23. The lowest BCUT2D eigenvalue weighted by molar-refractivity contribution is -0.0645. The smallest absolute Gasteiger partial charge is 0.0261 e. The van der Waals surface area contributed by atoms with E-state index in [4.69, 9.17) is 0 Å². The molecule has 2 aliphatic heterocycles. The van der Waals surface area contributed by atoms with Gasteiger partial charge in [-0.2, -0.15) is 0 Å². The predicted molar refractivity (Wildman–Crippen MR) is 65.8 cm³/mol. The Morgan fingerprint density at radius 1 is 0.600 bits per heavy atom. The summed E-state index contributed by atoms with van der Waals surface area (Å²) in [6.45, 7) is 11.5. The maximum Gasteiger partial charge on any atom is 0.0261 e. The van der Waals surface area contributed by atoms with Crippen LogP contribution in [0, 0.1) is 0 Å². The third kappa shape index (κ3) is 4.09. The second-order valence-corrected chi connectivity index (χ2v) is 4.27. The predicted octanol–water partition coefficient (Wildman–Crippen LogP) is 1.66. The summed E-state index contributed by atoms with van der Waals surface area (Å²) in [7, 11) is 2.22. The largest absolute Gasteiger partial charge is 0.304 e. The van der Waals surface area contributed by atoms with Gasteiger partial charge >= 0.3 is 0 Å². The number of rotatable bonds is 1. The molecule has 2 rings (SSSR count). The standard InChI is InChI=1S/C10H21N3.C2H6/c1-11-7-9-13(10-8-11)12-5-3-2-4-6-12;1-2/h2-10H2,1H3;1-2H3. The van der Waals surface area contributed by atoms with Gasteiger partial charge in [0.25, 0.3) is 0 Å². The van der Waals surface area contributed by atoms with Crippen molar-refractivity contribution < 1.29 is 0 Å². The fourth-order valence-corrected chi connectivity index (χ4v) is 2.24. The van der Waals surface area contributed by atoms with Gasteiger partial charge < -0.3 is 4.90 Å². The van der Waals surface area contributed by atoms with Crippen molar-refractivity contribution in [1.29, 1.82) is 0 Å². The molecule has 0 saturated carbocycles. The van der Waals surface area contributed by atoms with E-state index in [1.807, 2.05) is 13.8 Å². The third-order valence-electron chi connectivity index (χ3n) is 3.21. The van der Waals surface area contributed by atoms with Gasteiger partial charge in [0.2, 0.25) is 0 Å². The fraction of sp³-hybridized carbons (Fsp3) is 1.00. The molecule has 2 heterocycles. The zero-order valence-corrected chi connectivity index (χ0v) is 10.7. The molecule has 0 bridgehead atoms. The Morgan fingerprint density at radius 3 is 1.60 bits per heavy atom. The Labute approximate surface area is 95.0 Å². The number of hydrogen-bond acceptors (Lipinski definition) is 3. The fourth-order valence-electron chi connectivity index (χ4n) is 2.24. The number of piperazine rings is 1. The van der Waals surface area contributed by atoms with Gasteiger partial charge in [0.05, 0.1) is 0 Å². The second-order valence-electron chi connectivity index (χ2n) is 4.27. The molecule has 2 saturated heterocycles. The summed E-state index contributed by atoms with van der Waals surface area (Å²) in [5.74, 6) is 0. The number of hydrogen-bond donors (Lipinski definition) is 0. The molecule has 0 aliphatic carbocycles. The summed E-state index contributed by atoms with van der Waals surface area (Å²) in [4.78, 5) is 2.42. The van der Waals surface area contributed by atoms with Crippen LogP contribution in [0.25, 0.3) is 0 Å². The average molecular weight is 213 g/mol. The molecular weight excluding hydrogens is 186 g/mol. The first kappa shape index (κ1) is 12.9. The molecule has 0 unspecified atom stereocenters. The Morgan fingerprint density at radius 2 is 1.07 bits per heavy atom. The SMILES string of the molecule is CC.CN1CCN(N2CCCCC2)CC1. The molecular formula is C12H27N3. The molecule has 0 N–H and O–H groups in total. The van der Waals surface area contributed by atoms with Crippen molar-refractivity contribution >= 4 is 0 Å². The van der Waals surface area contributed by atoms with Crippen LogP contribution >= 0.6 is 0 Å². The Balaban J connectivity index is 0.000000531. The van der Waals surface area contributed by atoms with Gasteiger partial charge in [0, 0.05) is 39.3 Å². The van der Waals surface area contributed by atoms with E-state index in [1.54, 1.807) is 0 Å². The number of nitrogens with zero attached hydrogens (tertiary/aromatic N) is 3. The molecule has 3 heteroatoms. The van der Waals surface area contributed by atoms with Crippen molar-refractivity contribution in [3.05, 3.63) is 0 Å². The van der Waals surface area contributed by atoms with E-state index in [0.717, 1.165) is 0 Å². The van der Waals surface area contributed by atoms with E-state index in [1.165, 1.54) is 58.5 Å². The average Bonchev–Trinajstić information content (AvgIpc) is 2.34. The zero-order valence-electron chi connectivity index (χ0n) is 10.7. The molecule has 15 heavy (non-hydrogen) atoms. The minimum atomic E-state index is 1.23. The third-order valence-corrected chi connectivity index (χ3v) is 3.21. The lowest BCUT2D eigenvalue weighted by atomic mass is 10.1. The Hall–Kier alpha value is -0.120. The van der Waals surface area contributed by atoms with E-state index in [-0.39, 0.29) is 0 Å². The highest BCUT2D eigenvalue weighted by atomic mass is 15.6. The summed E-state index contributed by atoms with van der Waals surface area (Å²) in [5.41, 5.74) is 0. The first-order valence-corrected chi connectivity index (χ1v) is 6.54. The van der Waals surface area contributed by atoms with E-state index in [2.05, 4.69) is 22.0 Å². The van der Waals surface area contributed by atoms with Crippen molar-refractivity contribution in [2.45, 2.75) is 33.1 Å². The molecule has 2 aliphatic rings. The quantitative estimate of drug-likeness (QED) is 0.656. The van der Waals surface area contributed by atoms with Gasteiger partial charge in [-0.3, -0.25) is 0 Å². The molecule has 0 radical (unpaired) electrons. The first-order valence-electron chi connectivity index (χ1n) is 6.54. The second kappa shape index (κ2) is 7.20. The van der Waals surface area contributed by atoms with Crippen LogP contribution in [-0.2, 0) is 0 Å². The van der Waals surface area contributed by atoms with Gasteiger partial charge in [-0.1, -0.05) is 20.3 Å². The van der Waals surface area contributed by atoms with Crippen molar-refractivity contribution in [2.24, 2.45) is 0 Å². The van der Waals surface area contributed by atoms with Crippen LogP contribution in [0.5, 0.6) is 0 Å². The van der Waals surface area contributed by atoms with Gasteiger partial charge in [-0.05, 0) is 19.9 Å². The highest BCUT2D eigenvalue weighted by Crippen LogP contribution is 2.12. The van der Waals surface area contributed by atoms with Gasteiger partial charge in [0.1, 0.15) is 0 Å². The monoisotopic (exact) mass is 213 g/mol. The summed E-state index contributed by atoms with van der Waals surface area (Å²) in [6, 6.07) is 0. The summed E-state index contributed by atoms with van der Waals surface area (Å²) in [5, 5.41) is 5.12. The van der Waals surface area contributed by atoms with Crippen LogP contribution in [0.4, 0.5) is 0 Å². The van der Waals surface area contributed by atoms with E-state index >= 15 is 0 Å². The minimum absolute atomic E-state index is 1.23. The van der Waals surface area contributed by atoms with E-state index in [0.29, 0.717) is 0 Å². The van der Waals surface area contributed by atoms with Crippen LogP contribution in [-0.4, -0.2) is 61.2 Å². The highest BCUT2D eigenvalue weighted by Gasteiger charge is 2.21. The Kier molecular flexibility index (Phi) is 6.22. The van der Waals surface area contributed by atoms with Crippen LogP contribution in [0.15, 0.2) is 0 Å². The maximum absolute atomic E-state index is 2.57. The lowest BCUT2D eigenvalue weighted by Gasteiger charge is -2.41. The van der Waals surface area contributed by atoms with Gasteiger partial charge in [-0.25, -0.2) is 10.0 Å². The van der Waals surface area contributed by atoms with Gasteiger partial charge in [0.15, 0.2) is 0 Å². The normalized spacial score (nSPS) is 25.8. The molecule has 0 amide bonds. The lowest BCUT2D eigenvalue weighted by Crippen LogP contribution is -2.54. The van der Waals surface area contributed by atoms with Crippen LogP contribution < -0.4 is 0 Å².